The average molecular weight is 507 g/mol. The number of sulfonamides is 1. The normalized spacial score (nSPS) is 27.6. The molecule has 4 fully saturated rings. The first kappa shape index (κ1) is 24.2. The van der Waals surface area contributed by atoms with Gasteiger partial charge < -0.3 is 5.32 Å². The van der Waals surface area contributed by atoms with E-state index in [1.807, 2.05) is 0 Å². The molecule has 4 bridgehead atoms. The molecule has 0 unspecified atom stereocenters. The molecular weight excluding hydrogens is 477 g/mol. The highest BCUT2D eigenvalue weighted by atomic mass is 32.2. The number of carbonyl (C=O) groups excluding carboxylic acids is 1. The Balaban J connectivity index is 1.46. The Morgan fingerprint density at radius 3 is 2.11 bits per heavy atom. The number of alkyl halides is 3. The van der Waals surface area contributed by atoms with Crippen LogP contribution in [0, 0.1) is 24.7 Å². The van der Waals surface area contributed by atoms with Gasteiger partial charge in [0.25, 0.3) is 10.0 Å². The highest BCUT2D eigenvalue weighted by Crippen LogP contribution is 2.55. The van der Waals surface area contributed by atoms with Gasteiger partial charge in [-0.25, -0.2) is 8.42 Å². The number of carbonyl (C=O) groups is 1. The molecular formula is C26H29F3N2O3S. The number of hydrogen-bond acceptors (Lipinski definition) is 3. The van der Waals surface area contributed by atoms with Crippen LogP contribution in [-0.4, -0.2) is 26.4 Å². The molecule has 0 saturated heterocycles. The largest absolute Gasteiger partial charge is 0.416 e. The maximum absolute atomic E-state index is 13.6. The summed E-state index contributed by atoms with van der Waals surface area (Å²) in [5, 5.41) is 3.14. The second-order valence-corrected chi connectivity index (χ2v) is 12.5. The van der Waals surface area contributed by atoms with E-state index in [1.54, 1.807) is 19.1 Å². The minimum atomic E-state index is -4.64. The molecule has 35 heavy (non-hydrogen) atoms. The molecule has 9 heteroatoms. The molecule has 4 aliphatic carbocycles. The van der Waals surface area contributed by atoms with Crippen LogP contribution in [0.4, 0.5) is 18.9 Å². The van der Waals surface area contributed by atoms with E-state index in [-0.39, 0.29) is 16.1 Å². The summed E-state index contributed by atoms with van der Waals surface area (Å²) < 4.78 is 68.1. The third-order valence-corrected chi connectivity index (χ3v) is 9.59. The third kappa shape index (κ3) is 4.79. The molecule has 1 amide bonds. The van der Waals surface area contributed by atoms with E-state index in [1.165, 1.54) is 37.5 Å². The Hall–Kier alpha value is -2.55. The van der Waals surface area contributed by atoms with Gasteiger partial charge in [-0.05, 0) is 93.5 Å². The van der Waals surface area contributed by atoms with Gasteiger partial charge >= 0.3 is 6.18 Å². The molecule has 4 saturated carbocycles. The molecule has 0 heterocycles. The van der Waals surface area contributed by atoms with Gasteiger partial charge in [0, 0.05) is 5.54 Å². The van der Waals surface area contributed by atoms with E-state index in [2.05, 4.69) is 5.32 Å². The summed E-state index contributed by atoms with van der Waals surface area (Å²) in [7, 11) is -4.29. The molecule has 0 atom stereocenters. The van der Waals surface area contributed by atoms with Crippen molar-refractivity contribution in [3.63, 3.8) is 0 Å². The lowest BCUT2D eigenvalue weighted by Gasteiger charge is -2.57. The Kier molecular flexibility index (Phi) is 5.89. The highest BCUT2D eigenvalue weighted by molar-refractivity contribution is 7.92. The summed E-state index contributed by atoms with van der Waals surface area (Å²) in [6.45, 7) is 1.22. The number of nitrogens with zero attached hydrogens (tertiary/aromatic N) is 1. The van der Waals surface area contributed by atoms with Gasteiger partial charge in [0.1, 0.15) is 6.54 Å². The molecule has 1 N–H and O–H groups in total. The molecule has 5 nitrogen and oxygen atoms in total. The summed E-state index contributed by atoms with van der Waals surface area (Å²) in [6.07, 6.45) is 1.58. The number of benzene rings is 2. The first-order chi connectivity index (χ1) is 16.4. The zero-order valence-electron chi connectivity index (χ0n) is 19.5. The second-order valence-electron chi connectivity index (χ2n) is 10.6. The number of anilines is 1. The van der Waals surface area contributed by atoms with Crippen molar-refractivity contribution in [1.29, 1.82) is 0 Å². The van der Waals surface area contributed by atoms with Crippen LogP contribution in [0.3, 0.4) is 0 Å². The van der Waals surface area contributed by atoms with Crippen LogP contribution in [0.25, 0.3) is 0 Å². The lowest BCUT2D eigenvalue weighted by atomic mass is 9.53. The predicted octanol–water partition coefficient (Wildman–Crippen LogP) is 5.29. The standard InChI is InChI=1S/C26H29F3N2O3S/c1-17-5-7-23(8-6-17)35(33,34)31(22-4-2-3-21(12-22)26(27,28)29)16-24(32)30-25-13-18-9-19(14-25)11-20(10-18)15-25/h2-8,12,18-20H,9-11,13-16H2,1H3,(H,30,32). The molecule has 4 aliphatic rings. The molecule has 188 valence electrons. The monoisotopic (exact) mass is 506 g/mol. The van der Waals surface area contributed by atoms with E-state index < -0.39 is 34.2 Å². The molecule has 0 radical (unpaired) electrons. The van der Waals surface area contributed by atoms with Crippen molar-refractivity contribution >= 4 is 21.6 Å². The zero-order chi connectivity index (χ0) is 25.0. The SMILES string of the molecule is Cc1ccc(S(=O)(=O)N(CC(=O)NC23CC4CC(CC(C4)C2)C3)c2cccc(C(F)(F)F)c2)cc1. The van der Waals surface area contributed by atoms with Gasteiger partial charge in [0.05, 0.1) is 16.1 Å². The van der Waals surface area contributed by atoms with Crippen molar-refractivity contribution in [1.82, 2.24) is 5.32 Å². The highest BCUT2D eigenvalue weighted by Gasteiger charge is 2.51. The van der Waals surface area contributed by atoms with Gasteiger partial charge in [-0.15, -0.1) is 0 Å². The fourth-order valence-corrected chi connectivity index (χ4v) is 8.13. The number of rotatable bonds is 6. The van der Waals surface area contributed by atoms with Crippen molar-refractivity contribution in [3.8, 4) is 0 Å². The lowest BCUT2D eigenvalue weighted by Crippen LogP contribution is -2.61. The van der Waals surface area contributed by atoms with Gasteiger partial charge in [-0.2, -0.15) is 13.2 Å². The Bertz CT molecular complexity index is 1190. The van der Waals surface area contributed by atoms with E-state index in [0.717, 1.165) is 47.3 Å². The van der Waals surface area contributed by atoms with E-state index in [4.69, 9.17) is 0 Å². The van der Waals surface area contributed by atoms with Gasteiger partial charge in [0.15, 0.2) is 0 Å². The number of halogens is 3. The topological polar surface area (TPSA) is 66.5 Å². The Morgan fingerprint density at radius 2 is 1.57 bits per heavy atom. The number of nitrogens with one attached hydrogen (secondary N) is 1. The molecule has 6 rings (SSSR count). The minimum absolute atomic E-state index is 0.0804. The van der Waals surface area contributed by atoms with Crippen LogP contribution in [0.2, 0.25) is 0 Å². The fourth-order valence-electron chi connectivity index (χ4n) is 6.72. The van der Waals surface area contributed by atoms with Gasteiger partial charge in [0.2, 0.25) is 5.91 Å². The molecule has 0 spiro atoms. The van der Waals surface area contributed by atoms with Crippen LogP contribution >= 0.6 is 0 Å². The summed E-state index contributed by atoms with van der Waals surface area (Å²) in [6, 6.07) is 10.2. The minimum Gasteiger partial charge on any atom is -0.349 e. The number of amides is 1. The van der Waals surface area contributed by atoms with Crippen molar-refractivity contribution in [2.75, 3.05) is 10.8 Å². The fraction of sp³-hybridized carbons (Fsp3) is 0.500. The smallest absolute Gasteiger partial charge is 0.349 e. The second kappa shape index (κ2) is 8.54. The lowest BCUT2D eigenvalue weighted by molar-refractivity contribution is -0.137. The van der Waals surface area contributed by atoms with Crippen LogP contribution in [-0.2, 0) is 21.0 Å². The summed E-state index contributed by atoms with van der Waals surface area (Å²) in [5.74, 6) is 1.26. The molecule has 0 aliphatic heterocycles. The van der Waals surface area contributed by atoms with E-state index >= 15 is 0 Å². The third-order valence-electron chi connectivity index (χ3n) is 7.80. The van der Waals surface area contributed by atoms with Crippen molar-refractivity contribution in [2.45, 2.75) is 62.1 Å². The van der Waals surface area contributed by atoms with E-state index in [0.29, 0.717) is 17.8 Å². The van der Waals surface area contributed by atoms with Crippen molar-refractivity contribution in [2.24, 2.45) is 17.8 Å². The summed E-state index contributed by atoms with van der Waals surface area (Å²) in [5.41, 5.74) is -0.658. The molecule has 0 aromatic heterocycles. The first-order valence-corrected chi connectivity index (χ1v) is 13.5. The van der Waals surface area contributed by atoms with Crippen LogP contribution in [0.5, 0.6) is 0 Å². The van der Waals surface area contributed by atoms with E-state index in [9.17, 15) is 26.4 Å². The number of hydrogen-bond donors (Lipinski definition) is 1. The first-order valence-electron chi connectivity index (χ1n) is 12.0. The number of aryl methyl sites for hydroxylation is 1. The summed E-state index contributed by atoms with van der Waals surface area (Å²) >= 11 is 0. The van der Waals surface area contributed by atoms with Crippen LogP contribution in [0.15, 0.2) is 53.4 Å². The van der Waals surface area contributed by atoms with Crippen LogP contribution in [0.1, 0.15) is 49.7 Å². The zero-order valence-corrected chi connectivity index (χ0v) is 20.3. The predicted molar refractivity (Wildman–Crippen MR) is 126 cm³/mol. The molecule has 2 aromatic carbocycles. The van der Waals surface area contributed by atoms with Crippen molar-refractivity contribution in [3.05, 3.63) is 59.7 Å². The maximum atomic E-state index is 13.6. The molecule has 2 aromatic rings. The Labute approximate surface area is 203 Å². The summed E-state index contributed by atoms with van der Waals surface area (Å²) in [4.78, 5) is 13.2. The van der Waals surface area contributed by atoms with Crippen LogP contribution < -0.4 is 9.62 Å². The quantitative estimate of drug-likeness (QED) is 0.579. The van der Waals surface area contributed by atoms with Gasteiger partial charge in [-0.1, -0.05) is 23.8 Å². The Morgan fingerprint density at radius 1 is 1.00 bits per heavy atom. The van der Waals surface area contributed by atoms with Crippen molar-refractivity contribution < 1.29 is 26.4 Å². The maximum Gasteiger partial charge on any atom is 0.416 e. The van der Waals surface area contributed by atoms with Gasteiger partial charge in [-0.3, -0.25) is 9.10 Å². The average Bonchev–Trinajstić information content (AvgIpc) is 2.76.